The maximum absolute atomic E-state index is 11.8. The van der Waals surface area contributed by atoms with Crippen molar-refractivity contribution < 1.29 is 14.7 Å². The summed E-state index contributed by atoms with van der Waals surface area (Å²) in [7, 11) is 1.95. The van der Waals surface area contributed by atoms with Crippen LogP contribution in [-0.4, -0.2) is 41.9 Å². The third kappa shape index (κ3) is 2.32. The smallest absolute Gasteiger partial charge is 0.314 e. The third-order valence-electron chi connectivity index (χ3n) is 2.84. The van der Waals surface area contributed by atoms with Crippen molar-refractivity contribution in [2.45, 2.75) is 19.8 Å². The van der Waals surface area contributed by atoms with E-state index < -0.39 is 11.9 Å². The van der Waals surface area contributed by atoms with Crippen LogP contribution in [0.2, 0.25) is 0 Å². The van der Waals surface area contributed by atoms with Gasteiger partial charge in [0.25, 0.3) is 0 Å². The van der Waals surface area contributed by atoms with Gasteiger partial charge in [-0.25, -0.2) is 0 Å². The summed E-state index contributed by atoms with van der Waals surface area (Å²) in [6.45, 7) is 3.35. The fraction of sp³-hybridized carbons (Fsp3) is 0.800. The molecule has 4 nitrogen and oxygen atoms in total. The molecule has 0 amide bonds. The molecule has 1 saturated heterocycles. The van der Waals surface area contributed by atoms with Crippen molar-refractivity contribution in [1.29, 1.82) is 0 Å². The number of carboxylic acids is 1. The van der Waals surface area contributed by atoms with Crippen molar-refractivity contribution in [2.75, 3.05) is 20.1 Å². The predicted molar refractivity (Wildman–Crippen MR) is 52.0 cm³/mol. The van der Waals surface area contributed by atoms with Crippen molar-refractivity contribution in [2.24, 2.45) is 11.8 Å². The highest BCUT2D eigenvalue weighted by atomic mass is 16.4. The number of Topliss-reactive ketones (excluding diaryl/α,β-unsaturated/α-hetero) is 1. The van der Waals surface area contributed by atoms with Crippen molar-refractivity contribution in [1.82, 2.24) is 4.90 Å². The monoisotopic (exact) mass is 199 g/mol. The van der Waals surface area contributed by atoms with Crippen molar-refractivity contribution in [3.63, 3.8) is 0 Å². The second-order valence-electron chi connectivity index (χ2n) is 3.95. The molecule has 0 aliphatic carbocycles. The highest BCUT2D eigenvalue weighted by molar-refractivity contribution is 5.99. The molecular weight excluding hydrogens is 182 g/mol. The van der Waals surface area contributed by atoms with E-state index in [0.717, 1.165) is 13.0 Å². The van der Waals surface area contributed by atoms with Crippen LogP contribution in [-0.2, 0) is 9.59 Å². The number of carbonyl (C=O) groups is 2. The minimum Gasteiger partial charge on any atom is -0.481 e. The lowest BCUT2D eigenvalue weighted by Crippen LogP contribution is -2.30. The van der Waals surface area contributed by atoms with E-state index >= 15 is 0 Å². The van der Waals surface area contributed by atoms with Crippen LogP contribution in [0.3, 0.4) is 0 Å². The number of hydrogen-bond donors (Lipinski definition) is 1. The van der Waals surface area contributed by atoms with Crippen LogP contribution in [0.4, 0.5) is 0 Å². The van der Waals surface area contributed by atoms with Gasteiger partial charge in [0.1, 0.15) is 5.92 Å². The molecule has 1 aliphatic heterocycles. The number of ketones is 1. The van der Waals surface area contributed by atoms with E-state index in [1.165, 1.54) is 0 Å². The van der Waals surface area contributed by atoms with Crippen LogP contribution in [0, 0.1) is 11.8 Å². The van der Waals surface area contributed by atoms with Gasteiger partial charge in [-0.3, -0.25) is 9.59 Å². The summed E-state index contributed by atoms with van der Waals surface area (Å²) in [5, 5.41) is 8.84. The van der Waals surface area contributed by atoms with Crippen LogP contribution in [0.5, 0.6) is 0 Å². The summed E-state index contributed by atoms with van der Waals surface area (Å²) < 4.78 is 0. The van der Waals surface area contributed by atoms with Gasteiger partial charge < -0.3 is 10.0 Å². The molecule has 1 fully saturated rings. The molecule has 2 unspecified atom stereocenters. The molecule has 1 aliphatic rings. The Balaban J connectivity index is 2.59. The summed E-state index contributed by atoms with van der Waals surface area (Å²) in [4.78, 5) is 24.6. The van der Waals surface area contributed by atoms with Crippen LogP contribution < -0.4 is 0 Å². The zero-order chi connectivity index (χ0) is 10.7. The Labute approximate surface area is 83.9 Å². The van der Waals surface area contributed by atoms with Crippen molar-refractivity contribution in [3.05, 3.63) is 0 Å². The fourth-order valence-corrected chi connectivity index (χ4v) is 1.95. The molecule has 0 aromatic carbocycles. The standard InChI is InChI=1S/C10H17NO3/c1-3-8(10(13)14)9(12)7-4-5-11(2)6-7/h7-8H,3-6H2,1-2H3,(H,13,14). The fourth-order valence-electron chi connectivity index (χ4n) is 1.95. The van der Waals surface area contributed by atoms with Crippen LogP contribution in [0.15, 0.2) is 0 Å². The van der Waals surface area contributed by atoms with Gasteiger partial charge in [0.2, 0.25) is 0 Å². The van der Waals surface area contributed by atoms with E-state index in [1.807, 2.05) is 7.05 Å². The zero-order valence-corrected chi connectivity index (χ0v) is 8.69. The first kappa shape index (κ1) is 11.2. The van der Waals surface area contributed by atoms with E-state index in [9.17, 15) is 9.59 Å². The van der Waals surface area contributed by atoms with Crippen LogP contribution in [0.1, 0.15) is 19.8 Å². The summed E-state index contributed by atoms with van der Waals surface area (Å²) >= 11 is 0. The molecule has 1 heterocycles. The van der Waals surface area contributed by atoms with Gasteiger partial charge in [-0.05, 0) is 26.4 Å². The van der Waals surface area contributed by atoms with Gasteiger partial charge in [-0.2, -0.15) is 0 Å². The maximum atomic E-state index is 11.8. The molecule has 0 saturated carbocycles. The second-order valence-corrected chi connectivity index (χ2v) is 3.95. The van der Waals surface area contributed by atoms with Crippen molar-refractivity contribution >= 4 is 11.8 Å². The quantitative estimate of drug-likeness (QED) is 0.674. The Morgan fingerprint density at radius 1 is 1.57 bits per heavy atom. The predicted octanol–water partition coefficient (Wildman–Crippen LogP) is 0.618. The molecule has 0 spiro atoms. The van der Waals surface area contributed by atoms with E-state index in [1.54, 1.807) is 6.92 Å². The van der Waals surface area contributed by atoms with Gasteiger partial charge in [-0.15, -0.1) is 0 Å². The number of rotatable bonds is 4. The molecule has 0 aromatic rings. The SMILES string of the molecule is CCC(C(=O)O)C(=O)C1CCN(C)C1. The second kappa shape index (κ2) is 4.55. The number of carboxylic acid groups (broad SMARTS) is 1. The molecule has 80 valence electrons. The maximum Gasteiger partial charge on any atom is 0.314 e. The Kier molecular flexibility index (Phi) is 3.63. The van der Waals surface area contributed by atoms with Crippen LogP contribution >= 0.6 is 0 Å². The largest absolute Gasteiger partial charge is 0.481 e. The lowest BCUT2D eigenvalue weighted by Gasteiger charge is -2.14. The van der Waals surface area contributed by atoms with E-state index in [4.69, 9.17) is 5.11 Å². The molecule has 14 heavy (non-hydrogen) atoms. The summed E-state index contributed by atoms with van der Waals surface area (Å²) in [5.74, 6) is -1.94. The minimum atomic E-state index is -0.980. The first-order valence-electron chi connectivity index (χ1n) is 5.01. The molecule has 2 atom stereocenters. The van der Waals surface area contributed by atoms with Gasteiger partial charge in [0.15, 0.2) is 5.78 Å². The summed E-state index contributed by atoms with van der Waals surface area (Å²) in [6, 6.07) is 0. The third-order valence-corrected chi connectivity index (χ3v) is 2.84. The van der Waals surface area contributed by atoms with Gasteiger partial charge in [0.05, 0.1) is 0 Å². The first-order chi connectivity index (χ1) is 6.56. The number of hydrogen-bond acceptors (Lipinski definition) is 3. The first-order valence-corrected chi connectivity index (χ1v) is 5.01. The number of nitrogens with zero attached hydrogens (tertiary/aromatic N) is 1. The zero-order valence-electron chi connectivity index (χ0n) is 8.69. The van der Waals surface area contributed by atoms with E-state index in [-0.39, 0.29) is 11.7 Å². The van der Waals surface area contributed by atoms with Crippen LogP contribution in [0.25, 0.3) is 0 Å². The Hall–Kier alpha value is -0.900. The number of aliphatic carboxylic acids is 1. The lowest BCUT2D eigenvalue weighted by molar-refractivity contribution is -0.147. The number of likely N-dealkylation sites (tertiary alicyclic amines) is 1. The Morgan fingerprint density at radius 2 is 2.21 bits per heavy atom. The Morgan fingerprint density at radius 3 is 2.57 bits per heavy atom. The average molecular weight is 199 g/mol. The highest BCUT2D eigenvalue weighted by Crippen LogP contribution is 2.20. The van der Waals surface area contributed by atoms with E-state index in [0.29, 0.717) is 13.0 Å². The van der Waals surface area contributed by atoms with Gasteiger partial charge in [-0.1, -0.05) is 6.92 Å². The van der Waals surface area contributed by atoms with Gasteiger partial charge >= 0.3 is 5.97 Å². The number of carbonyl (C=O) groups excluding carboxylic acids is 1. The molecule has 4 heteroatoms. The van der Waals surface area contributed by atoms with E-state index in [2.05, 4.69) is 4.90 Å². The minimum absolute atomic E-state index is 0.0685. The highest BCUT2D eigenvalue weighted by Gasteiger charge is 2.33. The Bertz CT molecular complexity index is 240. The molecule has 0 radical (unpaired) electrons. The molecule has 0 aromatic heterocycles. The topological polar surface area (TPSA) is 57.6 Å². The average Bonchev–Trinajstić information content (AvgIpc) is 2.52. The molecule has 1 N–H and O–H groups in total. The van der Waals surface area contributed by atoms with Crippen molar-refractivity contribution in [3.8, 4) is 0 Å². The molecule has 1 rings (SSSR count). The summed E-state index contributed by atoms with van der Waals surface area (Å²) in [5.41, 5.74) is 0. The molecule has 0 bridgehead atoms. The normalized spacial score (nSPS) is 24.9. The summed E-state index contributed by atoms with van der Waals surface area (Å²) in [6.07, 6.45) is 1.20. The van der Waals surface area contributed by atoms with Gasteiger partial charge in [0, 0.05) is 12.5 Å². The lowest BCUT2D eigenvalue weighted by atomic mass is 9.90. The molecular formula is C10H17NO3.